The Kier molecular flexibility index (Phi) is 6.49. The largest absolute Gasteiger partial charge is 0.491 e. The molecular formula is C26H23N5O4. The summed E-state index contributed by atoms with van der Waals surface area (Å²) in [6.07, 6.45) is -0.977. The second-order valence-electron chi connectivity index (χ2n) is 7.71. The van der Waals surface area contributed by atoms with Crippen molar-refractivity contribution in [2.45, 2.75) is 6.17 Å². The van der Waals surface area contributed by atoms with Gasteiger partial charge in [-0.25, -0.2) is 4.99 Å². The van der Waals surface area contributed by atoms with Crippen molar-refractivity contribution in [2.24, 2.45) is 4.99 Å². The van der Waals surface area contributed by atoms with E-state index in [1.165, 1.54) is 0 Å². The van der Waals surface area contributed by atoms with E-state index < -0.39 is 6.17 Å². The van der Waals surface area contributed by atoms with E-state index >= 15 is 0 Å². The van der Waals surface area contributed by atoms with Crippen LogP contribution in [-0.2, 0) is 9.53 Å². The summed E-state index contributed by atoms with van der Waals surface area (Å²) >= 11 is 0. The van der Waals surface area contributed by atoms with Gasteiger partial charge in [-0.2, -0.15) is 0 Å². The number of aliphatic imine (C=N–C) groups is 1. The Balaban J connectivity index is 1.41. The quantitative estimate of drug-likeness (QED) is 0.375. The van der Waals surface area contributed by atoms with Gasteiger partial charge in [-0.3, -0.25) is 4.79 Å². The number of nitrogens with one attached hydrogen (secondary N) is 2. The monoisotopic (exact) mass is 469 g/mol. The molecule has 3 aromatic carbocycles. The molecule has 176 valence electrons. The van der Waals surface area contributed by atoms with Gasteiger partial charge >= 0.3 is 6.01 Å². The van der Waals surface area contributed by atoms with Gasteiger partial charge in [0, 0.05) is 23.8 Å². The van der Waals surface area contributed by atoms with Crippen molar-refractivity contribution in [1.29, 1.82) is 0 Å². The minimum atomic E-state index is -0.977. The van der Waals surface area contributed by atoms with Gasteiger partial charge in [0.25, 0.3) is 5.91 Å². The number of benzodiazepines with no additional fused rings is 1. The normalized spacial score (nSPS) is 14.9. The Morgan fingerprint density at radius 1 is 0.943 bits per heavy atom. The first kappa shape index (κ1) is 22.3. The highest BCUT2D eigenvalue weighted by molar-refractivity contribution is 6.19. The van der Waals surface area contributed by atoms with Crippen molar-refractivity contribution in [3.8, 4) is 17.2 Å². The number of amides is 1. The van der Waals surface area contributed by atoms with Crippen molar-refractivity contribution in [3.05, 3.63) is 90.0 Å². The first-order valence-corrected chi connectivity index (χ1v) is 11.1. The molecular weight excluding hydrogens is 446 g/mol. The third-order valence-electron chi connectivity index (χ3n) is 5.32. The molecule has 0 saturated carbocycles. The Morgan fingerprint density at radius 2 is 1.74 bits per heavy atom. The number of aromatic nitrogens is 2. The summed E-state index contributed by atoms with van der Waals surface area (Å²) in [4.78, 5) is 17.7. The first-order chi connectivity index (χ1) is 17.2. The van der Waals surface area contributed by atoms with Gasteiger partial charge in [-0.1, -0.05) is 59.7 Å². The summed E-state index contributed by atoms with van der Waals surface area (Å²) in [7, 11) is 1.62. The number of para-hydroxylation sites is 1. The van der Waals surface area contributed by atoms with Crippen molar-refractivity contribution >= 4 is 23.3 Å². The number of fused-ring (bicyclic) bond motifs is 1. The number of carbonyl (C=O) groups is 1. The summed E-state index contributed by atoms with van der Waals surface area (Å²) < 4.78 is 16.5. The minimum Gasteiger partial charge on any atom is -0.491 e. The Hall–Kier alpha value is -4.50. The predicted octanol–water partition coefficient (Wildman–Crippen LogP) is 3.99. The van der Waals surface area contributed by atoms with Gasteiger partial charge in [-0.05, 0) is 24.3 Å². The van der Waals surface area contributed by atoms with E-state index in [-0.39, 0.29) is 17.8 Å². The lowest BCUT2D eigenvalue weighted by Gasteiger charge is -2.11. The fourth-order valence-electron chi connectivity index (χ4n) is 3.66. The molecule has 0 spiro atoms. The number of hydrogen-bond donors (Lipinski definition) is 2. The molecule has 4 aromatic rings. The Labute approximate surface area is 201 Å². The fraction of sp³-hybridized carbons (Fsp3) is 0.154. The van der Waals surface area contributed by atoms with Gasteiger partial charge in [0.05, 0.1) is 18.0 Å². The average molecular weight is 470 g/mol. The molecule has 5 rings (SSSR count). The fourth-order valence-corrected chi connectivity index (χ4v) is 3.66. The topological polar surface area (TPSA) is 111 Å². The maximum absolute atomic E-state index is 13.0. The second-order valence-corrected chi connectivity index (χ2v) is 7.71. The second kappa shape index (κ2) is 10.2. The SMILES string of the molecule is COCCOc1cccc(-c2nnc(N[C@H]3N=C(c4ccccc4)c4ccccc4NC3=O)o2)c1. The average Bonchev–Trinajstić information content (AvgIpc) is 3.31. The molecule has 35 heavy (non-hydrogen) atoms. The molecule has 2 N–H and O–H groups in total. The van der Waals surface area contributed by atoms with E-state index in [4.69, 9.17) is 18.9 Å². The molecule has 9 nitrogen and oxygen atoms in total. The zero-order valence-electron chi connectivity index (χ0n) is 19.0. The number of ether oxygens (including phenoxy) is 2. The lowest BCUT2D eigenvalue weighted by Crippen LogP contribution is -2.32. The zero-order chi connectivity index (χ0) is 24.0. The lowest BCUT2D eigenvalue weighted by atomic mass is 10.0. The molecule has 0 saturated heterocycles. The lowest BCUT2D eigenvalue weighted by molar-refractivity contribution is -0.116. The Morgan fingerprint density at radius 3 is 2.60 bits per heavy atom. The molecule has 2 heterocycles. The first-order valence-electron chi connectivity index (χ1n) is 11.1. The maximum atomic E-state index is 13.0. The van der Waals surface area contributed by atoms with Crippen LogP contribution in [0.4, 0.5) is 11.7 Å². The van der Waals surface area contributed by atoms with Crippen LogP contribution in [-0.4, -0.2) is 48.3 Å². The smallest absolute Gasteiger partial charge is 0.317 e. The molecule has 0 aliphatic carbocycles. The van der Waals surface area contributed by atoms with Gasteiger partial charge in [0.1, 0.15) is 12.4 Å². The third kappa shape index (κ3) is 5.04. The highest BCUT2D eigenvalue weighted by Gasteiger charge is 2.27. The number of anilines is 2. The predicted molar refractivity (Wildman–Crippen MR) is 132 cm³/mol. The van der Waals surface area contributed by atoms with Crippen LogP contribution < -0.4 is 15.4 Å². The molecule has 0 bridgehead atoms. The van der Waals surface area contributed by atoms with Gasteiger partial charge < -0.3 is 24.5 Å². The molecule has 0 unspecified atom stereocenters. The summed E-state index contributed by atoms with van der Waals surface area (Å²) in [5.41, 5.74) is 3.76. The molecule has 9 heteroatoms. The van der Waals surface area contributed by atoms with Crippen molar-refractivity contribution in [1.82, 2.24) is 10.2 Å². The summed E-state index contributed by atoms with van der Waals surface area (Å²) in [5.74, 6) is 0.608. The van der Waals surface area contributed by atoms with Gasteiger partial charge in [0.15, 0.2) is 0 Å². The maximum Gasteiger partial charge on any atom is 0.317 e. The highest BCUT2D eigenvalue weighted by atomic mass is 16.5. The van der Waals surface area contributed by atoms with Crippen LogP contribution in [0.1, 0.15) is 11.1 Å². The van der Waals surface area contributed by atoms with Crippen LogP contribution in [0.15, 0.2) is 88.3 Å². The van der Waals surface area contributed by atoms with E-state index in [2.05, 4.69) is 20.8 Å². The molecule has 1 amide bonds. The van der Waals surface area contributed by atoms with Gasteiger partial charge in [-0.15, -0.1) is 5.10 Å². The number of hydrogen-bond acceptors (Lipinski definition) is 8. The number of rotatable bonds is 8. The number of carbonyl (C=O) groups excluding carboxylic acids is 1. The number of benzene rings is 3. The zero-order valence-corrected chi connectivity index (χ0v) is 19.0. The van der Waals surface area contributed by atoms with Crippen molar-refractivity contribution < 1.29 is 18.7 Å². The number of nitrogens with zero attached hydrogens (tertiary/aromatic N) is 3. The van der Waals surface area contributed by atoms with Crippen LogP contribution in [0, 0.1) is 0 Å². The molecule has 0 fully saturated rings. The van der Waals surface area contributed by atoms with Crippen LogP contribution in [0.25, 0.3) is 11.5 Å². The van der Waals surface area contributed by atoms with Gasteiger partial charge in [0.2, 0.25) is 12.1 Å². The van der Waals surface area contributed by atoms with E-state index in [0.29, 0.717) is 35.9 Å². The van der Waals surface area contributed by atoms with Crippen molar-refractivity contribution in [2.75, 3.05) is 31.0 Å². The van der Waals surface area contributed by atoms with E-state index in [0.717, 1.165) is 11.1 Å². The number of methoxy groups -OCH3 is 1. The summed E-state index contributed by atoms with van der Waals surface area (Å²) in [5, 5.41) is 14.1. The minimum absolute atomic E-state index is 0.0768. The van der Waals surface area contributed by atoms with Crippen LogP contribution in [0.5, 0.6) is 5.75 Å². The van der Waals surface area contributed by atoms with Crippen LogP contribution >= 0.6 is 0 Å². The molecule has 1 aliphatic heterocycles. The standard InChI is InChI=1S/C26H23N5O4/c1-33-14-15-34-19-11-7-10-18(16-19)25-30-31-26(35-25)29-23-24(32)27-21-13-6-5-12-20(21)22(28-23)17-8-3-2-4-9-17/h2-13,16,23H,14-15H2,1H3,(H,27,32)(H,29,31)/t23-/m1/s1. The van der Waals surface area contributed by atoms with Crippen LogP contribution in [0.2, 0.25) is 0 Å². The highest BCUT2D eigenvalue weighted by Crippen LogP contribution is 2.27. The molecule has 0 radical (unpaired) electrons. The van der Waals surface area contributed by atoms with Crippen molar-refractivity contribution in [3.63, 3.8) is 0 Å². The summed E-state index contributed by atoms with van der Waals surface area (Å²) in [6.45, 7) is 0.912. The van der Waals surface area contributed by atoms with E-state index in [9.17, 15) is 4.79 Å². The molecule has 1 aliphatic rings. The van der Waals surface area contributed by atoms with Crippen LogP contribution in [0.3, 0.4) is 0 Å². The van der Waals surface area contributed by atoms with E-state index in [1.54, 1.807) is 13.2 Å². The summed E-state index contributed by atoms with van der Waals surface area (Å²) in [6, 6.07) is 24.6. The Bertz CT molecular complexity index is 1350. The van der Waals surface area contributed by atoms with E-state index in [1.807, 2.05) is 72.8 Å². The third-order valence-corrected chi connectivity index (χ3v) is 5.32. The molecule has 1 atom stereocenters. The molecule has 1 aromatic heterocycles.